The van der Waals surface area contributed by atoms with E-state index in [2.05, 4.69) is 5.32 Å². The van der Waals surface area contributed by atoms with Crippen LogP contribution in [0.25, 0.3) is 0 Å². The zero-order valence-corrected chi connectivity index (χ0v) is 13.2. The smallest absolute Gasteiger partial charge is 0.168 e. The molecule has 0 radical (unpaired) electrons. The summed E-state index contributed by atoms with van der Waals surface area (Å²) in [5, 5.41) is 3.17. The van der Waals surface area contributed by atoms with Crippen LogP contribution in [-0.4, -0.2) is 40.1 Å². The minimum atomic E-state index is -2.86. The van der Waals surface area contributed by atoms with E-state index < -0.39 is 9.84 Å². The molecular formula is C15H22FNO3S. The highest BCUT2D eigenvalue weighted by atomic mass is 32.2. The van der Waals surface area contributed by atoms with E-state index in [9.17, 15) is 12.8 Å². The van der Waals surface area contributed by atoms with Gasteiger partial charge in [0.1, 0.15) is 0 Å². The van der Waals surface area contributed by atoms with Crippen molar-refractivity contribution in [3.8, 4) is 5.75 Å². The van der Waals surface area contributed by atoms with Gasteiger partial charge in [-0.05, 0) is 43.9 Å². The Kier molecular flexibility index (Phi) is 5.22. The molecule has 6 heteroatoms. The van der Waals surface area contributed by atoms with Crippen molar-refractivity contribution >= 4 is 9.84 Å². The first-order valence-electron chi connectivity index (χ1n) is 7.14. The van der Waals surface area contributed by atoms with Gasteiger partial charge in [0, 0.05) is 6.04 Å². The largest absolute Gasteiger partial charge is 0.494 e. The summed E-state index contributed by atoms with van der Waals surface area (Å²) in [5.74, 6) is 0.610. The summed E-state index contributed by atoms with van der Waals surface area (Å²) in [6.45, 7) is 0. The van der Waals surface area contributed by atoms with Crippen LogP contribution in [0.1, 0.15) is 18.4 Å². The van der Waals surface area contributed by atoms with Crippen molar-refractivity contribution < 1.29 is 17.5 Å². The van der Waals surface area contributed by atoms with Crippen LogP contribution in [0.15, 0.2) is 18.2 Å². The minimum Gasteiger partial charge on any atom is -0.494 e. The molecule has 21 heavy (non-hydrogen) atoms. The average molecular weight is 315 g/mol. The number of halogens is 1. The molecule has 1 aromatic rings. The van der Waals surface area contributed by atoms with Gasteiger partial charge in [-0.3, -0.25) is 0 Å². The number of sulfone groups is 1. The molecule has 0 spiro atoms. The molecule has 0 amide bonds. The van der Waals surface area contributed by atoms with Gasteiger partial charge >= 0.3 is 0 Å². The predicted octanol–water partition coefficient (Wildman–Crippen LogP) is 1.79. The van der Waals surface area contributed by atoms with Crippen molar-refractivity contribution in [2.45, 2.75) is 25.3 Å². The van der Waals surface area contributed by atoms with Crippen molar-refractivity contribution in [2.75, 3.05) is 25.7 Å². The number of nitrogens with one attached hydrogen (secondary N) is 1. The van der Waals surface area contributed by atoms with Crippen LogP contribution in [0.3, 0.4) is 0 Å². The first-order chi connectivity index (χ1) is 9.95. The van der Waals surface area contributed by atoms with Gasteiger partial charge in [0.2, 0.25) is 0 Å². The van der Waals surface area contributed by atoms with E-state index in [1.165, 1.54) is 7.11 Å². The lowest BCUT2D eigenvalue weighted by molar-refractivity contribution is 0.379. The van der Waals surface area contributed by atoms with E-state index in [1.54, 1.807) is 18.2 Å². The molecule has 4 nitrogen and oxygen atoms in total. The summed E-state index contributed by atoms with van der Waals surface area (Å²) in [5.41, 5.74) is 0.592. The van der Waals surface area contributed by atoms with Gasteiger partial charge < -0.3 is 10.1 Å². The van der Waals surface area contributed by atoms with Gasteiger partial charge in [0.25, 0.3) is 0 Å². The van der Waals surface area contributed by atoms with Crippen LogP contribution >= 0.6 is 0 Å². The Morgan fingerprint density at radius 2 is 2.24 bits per heavy atom. The maximum absolute atomic E-state index is 14.2. The molecule has 1 aliphatic heterocycles. The molecular weight excluding hydrogens is 293 g/mol. The van der Waals surface area contributed by atoms with Gasteiger partial charge in [-0.2, -0.15) is 0 Å². The van der Waals surface area contributed by atoms with Gasteiger partial charge in [0.05, 0.1) is 18.6 Å². The molecule has 1 aromatic carbocycles. The molecule has 1 fully saturated rings. The third kappa shape index (κ3) is 4.17. The number of ether oxygens (including phenoxy) is 1. The van der Waals surface area contributed by atoms with Gasteiger partial charge in [-0.15, -0.1) is 0 Å². The topological polar surface area (TPSA) is 55.4 Å². The first-order valence-corrected chi connectivity index (χ1v) is 8.96. The molecule has 1 saturated heterocycles. The Hall–Kier alpha value is -1.14. The fourth-order valence-corrected chi connectivity index (χ4v) is 4.78. The normalized spacial score (nSPS) is 22.1. The summed E-state index contributed by atoms with van der Waals surface area (Å²) in [6.07, 6.45) is 1.98. The van der Waals surface area contributed by atoms with E-state index in [0.717, 1.165) is 6.42 Å². The van der Waals surface area contributed by atoms with E-state index in [-0.39, 0.29) is 35.0 Å². The third-order valence-electron chi connectivity index (χ3n) is 4.08. The van der Waals surface area contributed by atoms with Crippen LogP contribution in [0.2, 0.25) is 0 Å². The quantitative estimate of drug-likeness (QED) is 0.869. The molecule has 0 aliphatic carbocycles. The lowest BCUT2D eigenvalue weighted by Crippen LogP contribution is -2.30. The maximum atomic E-state index is 14.2. The summed E-state index contributed by atoms with van der Waals surface area (Å²) in [6, 6.07) is 5.17. The highest BCUT2D eigenvalue weighted by Crippen LogP contribution is 2.26. The zero-order valence-electron chi connectivity index (χ0n) is 12.4. The van der Waals surface area contributed by atoms with Crippen LogP contribution in [0.5, 0.6) is 5.75 Å². The molecule has 0 bridgehead atoms. The van der Waals surface area contributed by atoms with Crippen molar-refractivity contribution in [3.05, 3.63) is 29.6 Å². The molecule has 0 aromatic heterocycles. The molecule has 1 aliphatic rings. The number of hydrogen-bond acceptors (Lipinski definition) is 4. The Morgan fingerprint density at radius 3 is 2.81 bits per heavy atom. The SMILES string of the molecule is CNC(Cc1cccc(OC)c1F)CC1CCS(=O)(=O)C1. The molecule has 2 unspecified atom stereocenters. The number of methoxy groups -OCH3 is 1. The second kappa shape index (κ2) is 6.75. The average Bonchev–Trinajstić information content (AvgIpc) is 2.79. The summed E-state index contributed by atoms with van der Waals surface area (Å²) < 4.78 is 42.2. The van der Waals surface area contributed by atoms with Gasteiger partial charge in [-0.1, -0.05) is 12.1 Å². The fraction of sp³-hybridized carbons (Fsp3) is 0.600. The number of benzene rings is 1. The Labute approximate surface area is 125 Å². The molecule has 1 heterocycles. The summed E-state index contributed by atoms with van der Waals surface area (Å²) in [7, 11) is 0.408. The van der Waals surface area contributed by atoms with Gasteiger partial charge in [-0.25, -0.2) is 12.8 Å². The maximum Gasteiger partial charge on any atom is 0.168 e. The Bertz CT molecular complexity index is 589. The third-order valence-corrected chi connectivity index (χ3v) is 5.92. The standard InChI is InChI=1S/C15H22FNO3S/c1-17-13(8-11-6-7-21(18,19)10-11)9-12-4-3-5-14(20-2)15(12)16/h3-5,11,13,17H,6-10H2,1-2H3. The Balaban J connectivity index is 2.03. The summed E-state index contributed by atoms with van der Waals surface area (Å²) >= 11 is 0. The summed E-state index contributed by atoms with van der Waals surface area (Å²) in [4.78, 5) is 0. The molecule has 0 saturated carbocycles. The number of hydrogen-bond donors (Lipinski definition) is 1. The van der Waals surface area contributed by atoms with Crippen molar-refractivity contribution in [1.82, 2.24) is 5.32 Å². The van der Waals surface area contributed by atoms with Crippen molar-refractivity contribution in [3.63, 3.8) is 0 Å². The second-order valence-electron chi connectivity index (χ2n) is 5.63. The van der Waals surface area contributed by atoms with Gasteiger partial charge in [0.15, 0.2) is 21.4 Å². The molecule has 1 N–H and O–H groups in total. The second-order valence-corrected chi connectivity index (χ2v) is 7.86. The number of rotatable bonds is 6. The predicted molar refractivity (Wildman–Crippen MR) is 80.9 cm³/mol. The van der Waals surface area contributed by atoms with Crippen LogP contribution in [0, 0.1) is 11.7 Å². The van der Waals surface area contributed by atoms with Crippen LogP contribution < -0.4 is 10.1 Å². The van der Waals surface area contributed by atoms with Crippen molar-refractivity contribution in [2.24, 2.45) is 5.92 Å². The number of likely N-dealkylation sites (N-methyl/N-ethyl adjacent to an activating group) is 1. The fourth-order valence-electron chi connectivity index (χ4n) is 2.90. The molecule has 118 valence electrons. The zero-order chi connectivity index (χ0) is 15.5. The minimum absolute atomic E-state index is 0.0601. The lowest BCUT2D eigenvalue weighted by Gasteiger charge is -2.20. The highest BCUT2D eigenvalue weighted by Gasteiger charge is 2.29. The van der Waals surface area contributed by atoms with E-state index in [4.69, 9.17) is 4.74 Å². The Morgan fingerprint density at radius 1 is 1.48 bits per heavy atom. The monoisotopic (exact) mass is 315 g/mol. The first kappa shape index (κ1) is 16.2. The van der Waals surface area contributed by atoms with E-state index in [1.807, 2.05) is 7.05 Å². The lowest BCUT2D eigenvalue weighted by atomic mass is 9.94. The molecule has 2 rings (SSSR count). The molecule has 2 atom stereocenters. The van der Waals surface area contributed by atoms with Crippen molar-refractivity contribution in [1.29, 1.82) is 0 Å². The highest BCUT2D eigenvalue weighted by molar-refractivity contribution is 7.91. The van der Waals surface area contributed by atoms with Crippen LogP contribution in [-0.2, 0) is 16.3 Å². The van der Waals surface area contributed by atoms with Crippen LogP contribution in [0.4, 0.5) is 4.39 Å². The van der Waals surface area contributed by atoms with E-state index in [0.29, 0.717) is 18.4 Å². The van der Waals surface area contributed by atoms with E-state index >= 15 is 0 Å².